The van der Waals surface area contributed by atoms with Gasteiger partial charge in [0.25, 0.3) is 0 Å². The van der Waals surface area contributed by atoms with Crippen LogP contribution in [0.3, 0.4) is 0 Å². The molecule has 0 saturated carbocycles. The molecule has 1 rings (SSSR count). The molecule has 0 bridgehead atoms. The number of nitrogens with one attached hydrogen (secondary N) is 1. The molecule has 3 amide bonds. The van der Waals surface area contributed by atoms with Gasteiger partial charge in [0.2, 0.25) is 15.8 Å². The van der Waals surface area contributed by atoms with Crippen LogP contribution >= 0.6 is 0 Å². The van der Waals surface area contributed by atoms with Crippen molar-refractivity contribution in [2.24, 2.45) is 0 Å². The number of hydrogen-bond donors (Lipinski definition) is 1. The molecule has 1 aliphatic rings. The van der Waals surface area contributed by atoms with Crippen molar-refractivity contribution in [3.05, 3.63) is 0 Å². The van der Waals surface area contributed by atoms with Crippen LogP contribution in [0.25, 0.3) is 0 Å². The Hall–Kier alpha value is -1.13. The highest BCUT2D eigenvalue weighted by molar-refractivity contribution is 6.56. The highest BCUT2D eigenvalue weighted by atomic mass is 16.2. The van der Waals surface area contributed by atoms with E-state index in [-0.39, 0.29) is 6.03 Å². The first-order valence-corrected chi connectivity index (χ1v) is 3.95. The fraction of sp³-hybridized carbons (Fsp3) is 0.667. The van der Waals surface area contributed by atoms with Gasteiger partial charge in [0, 0.05) is 26.2 Å². The van der Waals surface area contributed by atoms with Gasteiger partial charge in [-0.25, -0.2) is 0 Å². The third kappa shape index (κ3) is 2.40. The van der Waals surface area contributed by atoms with Gasteiger partial charge < -0.3 is 15.0 Å². The van der Waals surface area contributed by atoms with Crippen molar-refractivity contribution in [3.63, 3.8) is 0 Å². The summed E-state index contributed by atoms with van der Waals surface area (Å²) < 4.78 is 0. The van der Waals surface area contributed by atoms with E-state index in [2.05, 4.69) is 0 Å². The Bertz CT molecular complexity index is 216. The largest absolute Gasteiger partial charge is 0.391 e. The summed E-state index contributed by atoms with van der Waals surface area (Å²) in [5.41, 5.74) is 0. The summed E-state index contributed by atoms with van der Waals surface area (Å²) >= 11 is 0. The van der Waals surface area contributed by atoms with E-state index in [1.807, 2.05) is 5.23 Å². The number of hydrogen-bond acceptors (Lipinski definition) is 2. The fourth-order valence-corrected chi connectivity index (χ4v) is 1.22. The van der Waals surface area contributed by atoms with Crippen LogP contribution in [-0.2, 0) is 0 Å². The van der Waals surface area contributed by atoms with Gasteiger partial charge in [-0.15, -0.1) is 0 Å². The number of carbonyl (C=O) groups is 2. The van der Waals surface area contributed by atoms with E-state index in [1.165, 1.54) is 9.80 Å². The molecule has 1 saturated heterocycles. The maximum Gasteiger partial charge on any atom is 0.304 e. The first-order chi connectivity index (χ1) is 6.15. The minimum atomic E-state index is -0.451. The average molecular weight is 177 g/mol. The van der Waals surface area contributed by atoms with Gasteiger partial charge in [-0.05, 0) is 0 Å². The fourth-order valence-electron chi connectivity index (χ4n) is 1.22. The molecule has 0 aromatic carbocycles. The van der Waals surface area contributed by atoms with Crippen LogP contribution in [0, 0.1) is 0 Å². The molecule has 0 aromatic heterocycles. The molecule has 1 N–H and O–H groups in total. The van der Waals surface area contributed by atoms with Crippen LogP contribution in [0.1, 0.15) is 0 Å². The molecule has 0 aromatic rings. The van der Waals surface area contributed by atoms with E-state index in [0.29, 0.717) is 26.2 Å². The second-order valence-corrected chi connectivity index (χ2v) is 2.76. The van der Waals surface area contributed by atoms with Crippen LogP contribution in [0.4, 0.5) is 9.59 Å². The number of carbonyl (C=O) groups excluding carboxylic acids is 2. The molecule has 0 unspecified atom stereocenters. The van der Waals surface area contributed by atoms with Crippen LogP contribution in [-0.4, -0.2) is 63.6 Å². The van der Waals surface area contributed by atoms with Crippen molar-refractivity contribution in [1.82, 2.24) is 15.0 Å². The molecular formula is C6H9B2N3O2. The minimum Gasteiger partial charge on any atom is -0.391 e. The van der Waals surface area contributed by atoms with E-state index < -0.39 is 5.81 Å². The van der Waals surface area contributed by atoms with E-state index >= 15 is 0 Å². The smallest absolute Gasteiger partial charge is 0.304 e. The molecule has 1 aliphatic heterocycles. The van der Waals surface area contributed by atoms with E-state index in [1.54, 1.807) is 0 Å². The summed E-state index contributed by atoms with van der Waals surface area (Å²) in [4.78, 5) is 24.7. The van der Waals surface area contributed by atoms with E-state index in [0.717, 1.165) is 0 Å². The molecule has 0 atom stereocenters. The topological polar surface area (TPSA) is 52.7 Å². The summed E-state index contributed by atoms with van der Waals surface area (Å²) in [6.45, 7) is 1.85. The van der Waals surface area contributed by atoms with Crippen molar-refractivity contribution in [3.8, 4) is 0 Å². The minimum absolute atomic E-state index is 0.330. The molecule has 4 radical (unpaired) electrons. The summed E-state index contributed by atoms with van der Waals surface area (Å²) in [5, 5.41) is 2.03. The molecular weight excluding hydrogens is 168 g/mol. The van der Waals surface area contributed by atoms with Crippen LogP contribution in [0.5, 0.6) is 0 Å². The quantitative estimate of drug-likeness (QED) is 0.466. The number of rotatable bonds is 0. The molecule has 7 heteroatoms. The Balaban J connectivity index is 2.39. The Labute approximate surface area is 79.3 Å². The maximum atomic E-state index is 11.0. The number of piperazine rings is 1. The standard InChI is InChI=1S/C6H9B2N3O2/c7-5(12)10-1-3-11(4-2-10)6(13)9-8/h1-4H2,(H,9,13). The maximum absolute atomic E-state index is 11.0. The van der Waals surface area contributed by atoms with Gasteiger partial charge in [0.1, 0.15) is 0 Å². The SMILES string of the molecule is [B]NC(=O)N1CCN(C([B])=O)CC1. The van der Waals surface area contributed by atoms with Crippen molar-refractivity contribution in [2.45, 2.75) is 0 Å². The zero-order valence-corrected chi connectivity index (χ0v) is 7.19. The lowest BCUT2D eigenvalue weighted by molar-refractivity contribution is 0.156. The van der Waals surface area contributed by atoms with Crippen molar-refractivity contribution in [2.75, 3.05) is 26.2 Å². The first-order valence-electron chi connectivity index (χ1n) is 3.95. The van der Waals surface area contributed by atoms with Crippen molar-refractivity contribution < 1.29 is 9.59 Å². The Morgan fingerprint density at radius 3 is 1.92 bits per heavy atom. The van der Waals surface area contributed by atoms with Crippen LogP contribution in [0.15, 0.2) is 0 Å². The number of nitrogens with zero attached hydrogens (tertiary/aromatic N) is 2. The zero-order chi connectivity index (χ0) is 9.84. The molecule has 0 aliphatic carbocycles. The number of amides is 3. The lowest BCUT2D eigenvalue weighted by atomic mass is 10.1. The first kappa shape index (κ1) is 9.95. The van der Waals surface area contributed by atoms with E-state index in [9.17, 15) is 9.59 Å². The van der Waals surface area contributed by atoms with Crippen LogP contribution in [0.2, 0.25) is 0 Å². The summed E-state index contributed by atoms with van der Waals surface area (Å²) in [7, 11) is 10.0. The summed E-state index contributed by atoms with van der Waals surface area (Å²) in [6, 6.07) is -0.330. The predicted octanol–water partition coefficient (Wildman–Crippen LogP) is -1.31. The Morgan fingerprint density at radius 2 is 1.54 bits per heavy atom. The van der Waals surface area contributed by atoms with Gasteiger partial charge in [-0.3, -0.25) is 9.59 Å². The van der Waals surface area contributed by atoms with Crippen molar-refractivity contribution in [1.29, 1.82) is 0 Å². The van der Waals surface area contributed by atoms with Gasteiger partial charge in [0.05, 0.1) is 0 Å². The molecule has 1 fully saturated rings. The number of urea groups is 1. The van der Waals surface area contributed by atoms with Gasteiger partial charge in [0.15, 0.2) is 5.81 Å². The second kappa shape index (κ2) is 4.20. The highest BCUT2D eigenvalue weighted by Gasteiger charge is 2.20. The molecule has 66 valence electrons. The van der Waals surface area contributed by atoms with Gasteiger partial charge in [-0.1, -0.05) is 0 Å². The average Bonchev–Trinajstić information content (AvgIpc) is 2.17. The molecule has 13 heavy (non-hydrogen) atoms. The lowest BCUT2D eigenvalue weighted by Gasteiger charge is -2.34. The summed E-state index contributed by atoms with van der Waals surface area (Å²) in [6.07, 6.45) is 0. The third-order valence-electron chi connectivity index (χ3n) is 2.00. The molecule has 5 nitrogen and oxygen atoms in total. The normalized spacial score (nSPS) is 16.9. The van der Waals surface area contributed by atoms with Crippen molar-refractivity contribution >= 4 is 27.7 Å². The van der Waals surface area contributed by atoms with Gasteiger partial charge >= 0.3 is 6.03 Å². The monoisotopic (exact) mass is 177 g/mol. The molecule has 0 spiro atoms. The van der Waals surface area contributed by atoms with Gasteiger partial charge in [-0.2, -0.15) is 0 Å². The Morgan fingerprint density at radius 1 is 1.08 bits per heavy atom. The lowest BCUT2D eigenvalue weighted by Crippen LogP contribution is -2.52. The Kier molecular flexibility index (Phi) is 3.22. The van der Waals surface area contributed by atoms with E-state index in [4.69, 9.17) is 15.8 Å². The highest BCUT2D eigenvalue weighted by Crippen LogP contribution is 2.01. The second-order valence-electron chi connectivity index (χ2n) is 2.76. The third-order valence-corrected chi connectivity index (χ3v) is 2.00. The predicted molar refractivity (Wildman–Crippen MR) is 48.6 cm³/mol. The summed E-state index contributed by atoms with van der Waals surface area (Å²) in [5.74, 6) is -0.451. The van der Waals surface area contributed by atoms with Crippen LogP contribution < -0.4 is 5.23 Å². The zero-order valence-electron chi connectivity index (χ0n) is 7.19. The molecule has 1 heterocycles.